The van der Waals surface area contributed by atoms with E-state index in [9.17, 15) is 15.3 Å². The summed E-state index contributed by atoms with van der Waals surface area (Å²) in [6.07, 6.45) is 12.3. The first kappa shape index (κ1) is 23.8. The van der Waals surface area contributed by atoms with E-state index in [4.69, 9.17) is 0 Å². The minimum absolute atomic E-state index is 0.0644. The van der Waals surface area contributed by atoms with E-state index in [-0.39, 0.29) is 35.1 Å². The maximum Gasteiger partial charge on any atom is 0.0583 e. The Hall–Kier alpha value is -0.380. The quantitative estimate of drug-likeness (QED) is 0.487. The molecule has 0 saturated heterocycles. The van der Waals surface area contributed by atoms with Gasteiger partial charge in [0.15, 0.2) is 0 Å². The lowest BCUT2D eigenvalue weighted by atomic mass is 9.44. The van der Waals surface area contributed by atoms with Crippen LogP contribution in [0.1, 0.15) is 98.8 Å². The van der Waals surface area contributed by atoms with Gasteiger partial charge in [0.2, 0.25) is 0 Å². The summed E-state index contributed by atoms with van der Waals surface area (Å²) < 4.78 is 0. The van der Waals surface area contributed by atoms with E-state index in [1.807, 2.05) is 0 Å². The molecule has 4 aliphatic carbocycles. The van der Waals surface area contributed by atoms with Gasteiger partial charge in [-0.25, -0.2) is 0 Å². The highest BCUT2D eigenvalue weighted by Crippen LogP contribution is 2.65. The number of hydrogen-bond acceptors (Lipinski definition) is 3. The van der Waals surface area contributed by atoms with Crippen molar-refractivity contribution in [3.63, 3.8) is 0 Å². The van der Waals surface area contributed by atoms with E-state index in [0.717, 1.165) is 44.9 Å². The van der Waals surface area contributed by atoms with Gasteiger partial charge in [-0.3, -0.25) is 0 Å². The average molecular weight is 433 g/mol. The second-order valence-corrected chi connectivity index (χ2v) is 12.9. The molecule has 0 heterocycles. The lowest BCUT2D eigenvalue weighted by Crippen LogP contribution is -2.56. The zero-order valence-corrected chi connectivity index (χ0v) is 20.7. The lowest BCUT2D eigenvalue weighted by molar-refractivity contribution is -0.103. The summed E-state index contributed by atoms with van der Waals surface area (Å²) in [6, 6.07) is 0. The normalized spacial score (nSPS) is 47.1. The molecule has 0 amide bonds. The van der Waals surface area contributed by atoms with Crippen molar-refractivity contribution >= 4 is 0 Å². The van der Waals surface area contributed by atoms with Gasteiger partial charge in [0.1, 0.15) is 0 Å². The van der Waals surface area contributed by atoms with Crippen molar-refractivity contribution in [3.8, 4) is 0 Å². The third-order valence-corrected chi connectivity index (χ3v) is 10.4. The summed E-state index contributed by atoms with van der Waals surface area (Å²) in [5.41, 5.74) is 1.97. The molecule has 3 heteroatoms. The Morgan fingerprint density at radius 1 is 1.00 bits per heavy atom. The molecule has 0 spiro atoms. The molecule has 3 saturated carbocycles. The molecule has 3 nitrogen and oxygen atoms in total. The predicted molar refractivity (Wildman–Crippen MR) is 126 cm³/mol. The number of aliphatic hydroxyl groups is 3. The summed E-state index contributed by atoms with van der Waals surface area (Å²) in [7, 11) is 0. The Morgan fingerprint density at radius 2 is 1.74 bits per heavy atom. The van der Waals surface area contributed by atoms with Crippen LogP contribution in [-0.4, -0.2) is 33.6 Å². The van der Waals surface area contributed by atoms with Crippen LogP contribution in [0.2, 0.25) is 0 Å². The first-order valence-corrected chi connectivity index (χ1v) is 13.3. The second kappa shape index (κ2) is 8.76. The minimum atomic E-state index is -0.282. The van der Waals surface area contributed by atoms with Crippen LogP contribution in [0.15, 0.2) is 11.6 Å². The van der Waals surface area contributed by atoms with Gasteiger partial charge in [-0.15, -0.1) is 0 Å². The first-order chi connectivity index (χ1) is 14.6. The highest BCUT2D eigenvalue weighted by Gasteiger charge is 2.58. The number of allylic oxidation sites excluding steroid dienone is 2. The topological polar surface area (TPSA) is 60.7 Å². The van der Waals surface area contributed by atoms with Gasteiger partial charge in [-0.1, -0.05) is 52.7 Å². The van der Waals surface area contributed by atoms with Crippen molar-refractivity contribution in [2.75, 3.05) is 0 Å². The van der Waals surface area contributed by atoms with Crippen molar-refractivity contribution in [1.82, 2.24) is 0 Å². The minimum Gasteiger partial charge on any atom is -0.393 e. The number of rotatable bonds is 5. The Balaban J connectivity index is 1.58. The van der Waals surface area contributed by atoms with Gasteiger partial charge in [0, 0.05) is 0 Å². The summed E-state index contributed by atoms with van der Waals surface area (Å²) in [6.45, 7) is 11.7. The second-order valence-electron chi connectivity index (χ2n) is 12.9. The van der Waals surface area contributed by atoms with E-state index in [0.29, 0.717) is 29.6 Å². The SMILES string of the molecule is CC(C)CC(O)CC(C)[C@H]1CCC[C@H]2C3C[C@H](O)[C@H]4C[C@@H](O)CC[C@]4(C)C3=CC[C@]12C. The van der Waals surface area contributed by atoms with E-state index in [1.54, 1.807) is 5.57 Å². The zero-order chi connectivity index (χ0) is 22.6. The zero-order valence-electron chi connectivity index (χ0n) is 20.7. The fourth-order valence-corrected chi connectivity index (χ4v) is 8.96. The highest BCUT2D eigenvalue weighted by atomic mass is 16.3. The Morgan fingerprint density at radius 3 is 2.45 bits per heavy atom. The van der Waals surface area contributed by atoms with Crippen LogP contribution >= 0.6 is 0 Å². The molecule has 3 N–H and O–H groups in total. The molecule has 0 aliphatic heterocycles. The molecule has 178 valence electrons. The molecule has 0 aromatic carbocycles. The standard InChI is InChI=1S/C28H48O3/c1-17(2)13-20(30)14-18(3)22-7-6-8-23-21-16-26(31)25-15-19(29)9-11-28(25,5)24(21)10-12-27(22,23)4/h10,17-23,25-26,29-31H,6-9,11-16H2,1-5H3/t18?,19-,20?,21?,22+,23-,25+,26-,27+,28+/m0/s1. The number of fused-ring (bicyclic) bond motifs is 5. The highest BCUT2D eigenvalue weighted by molar-refractivity contribution is 5.29. The van der Waals surface area contributed by atoms with Crippen molar-refractivity contribution in [2.45, 2.75) is 117 Å². The maximum atomic E-state index is 11.2. The fraction of sp³-hybridized carbons (Fsp3) is 0.929. The molecule has 31 heavy (non-hydrogen) atoms. The Bertz CT molecular complexity index is 671. The van der Waals surface area contributed by atoms with Crippen LogP contribution in [0.25, 0.3) is 0 Å². The average Bonchev–Trinajstić information content (AvgIpc) is 2.67. The van der Waals surface area contributed by atoms with Crippen LogP contribution in [-0.2, 0) is 0 Å². The van der Waals surface area contributed by atoms with Crippen molar-refractivity contribution < 1.29 is 15.3 Å². The molecule has 0 aromatic heterocycles. The van der Waals surface area contributed by atoms with E-state index >= 15 is 0 Å². The van der Waals surface area contributed by atoms with Crippen LogP contribution in [0.4, 0.5) is 0 Å². The van der Waals surface area contributed by atoms with Gasteiger partial charge in [0.25, 0.3) is 0 Å². The molecule has 4 aliphatic rings. The smallest absolute Gasteiger partial charge is 0.0583 e. The Labute approximate surface area is 190 Å². The first-order valence-electron chi connectivity index (χ1n) is 13.3. The van der Waals surface area contributed by atoms with E-state index in [1.165, 1.54) is 19.3 Å². The summed E-state index contributed by atoms with van der Waals surface area (Å²) >= 11 is 0. The van der Waals surface area contributed by atoms with Gasteiger partial charge in [-0.05, 0) is 104 Å². The summed E-state index contributed by atoms with van der Waals surface area (Å²) in [4.78, 5) is 0. The monoisotopic (exact) mass is 432 g/mol. The fourth-order valence-electron chi connectivity index (χ4n) is 8.96. The molecule has 10 atom stereocenters. The maximum absolute atomic E-state index is 11.2. The molecule has 4 rings (SSSR count). The van der Waals surface area contributed by atoms with Gasteiger partial charge >= 0.3 is 0 Å². The van der Waals surface area contributed by atoms with Crippen molar-refractivity contribution in [2.24, 2.45) is 46.3 Å². The molecule has 3 unspecified atom stereocenters. The van der Waals surface area contributed by atoms with Gasteiger partial charge < -0.3 is 15.3 Å². The molecular weight excluding hydrogens is 384 g/mol. The Kier molecular flexibility index (Phi) is 6.72. The van der Waals surface area contributed by atoms with Crippen molar-refractivity contribution in [1.29, 1.82) is 0 Å². The largest absolute Gasteiger partial charge is 0.393 e. The van der Waals surface area contributed by atoms with Gasteiger partial charge in [-0.2, -0.15) is 0 Å². The van der Waals surface area contributed by atoms with Crippen LogP contribution in [0.5, 0.6) is 0 Å². The third-order valence-electron chi connectivity index (χ3n) is 10.4. The van der Waals surface area contributed by atoms with Crippen LogP contribution in [0, 0.1) is 46.3 Å². The van der Waals surface area contributed by atoms with E-state index in [2.05, 4.69) is 40.7 Å². The molecule has 0 bridgehead atoms. The van der Waals surface area contributed by atoms with Crippen molar-refractivity contribution in [3.05, 3.63) is 11.6 Å². The molecular formula is C28H48O3. The predicted octanol–water partition coefficient (Wildman–Crippen LogP) is 5.72. The summed E-state index contributed by atoms with van der Waals surface area (Å²) in [5.74, 6) is 3.10. The molecule has 3 fully saturated rings. The lowest BCUT2D eigenvalue weighted by Gasteiger charge is -2.62. The molecule has 0 aromatic rings. The number of hydrogen-bond donors (Lipinski definition) is 3. The van der Waals surface area contributed by atoms with Gasteiger partial charge in [0.05, 0.1) is 18.3 Å². The number of aliphatic hydroxyl groups excluding tert-OH is 3. The van der Waals surface area contributed by atoms with Crippen LogP contribution < -0.4 is 0 Å². The van der Waals surface area contributed by atoms with Crippen LogP contribution in [0.3, 0.4) is 0 Å². The summed E-state index contributed by atoms with van der Waals surface area (Å²) in [5, 5.41) is 32.1. The molecule has 0 radical (unpaired) electrons. The third kappa shape index (κ3) is 4.17. The van der Waals surface area contributed by atoms with E-state index < -0.39 is 0 Å².